The van der Waals surface area contributed by atoms with Crippen molar-refractivity contribution in [3.63, 3.8) is 0 Å². The molecule has 0 N–H and O–H groups in total. The Bertz CT molecular complexity index is 676. The topological polar surface area (TPSA) is 26.3 Å². The number of hydrogen-bond acceptors (Lipinski definition) is 2. The minimum atomic E-state index is -0.187. The Labute approximate surface area is 139 Å². The molecule has 0 atom stereocenters. The lowest BCUT2D eigenvalue weighted by Gasteiger charge is -2.19. The second kappa shape index (κ2) is 6.99. The molecule has 0 spiro atoms. The summed E-state index contributed by atoms with van der Waals surface area (Å²) in [6, 6.07) is 14.2. The Morgan fingerprint density at radius 1 is 0.957 bits per heavy atom. The Morgan fingerprint density at radius 3 is 2.17 bits per heavy atom. The quantitative estimate of drug-likeness (QED) is 0.577. The van der Waals surface area contributed by atoms with Crippen LogP contribution < -0.4 is 4.74 Å². The van der Waals surface area contributed by atoms with Crippen molar-refractivity contribution in [2.75, 3.05) is 0 Å². The van der Waals surface area contributed by atoms with Gasteiger partial charge in [-0.3, -0.25) is 4.79 Å². The van der Waals surface area contributed by atoms with Crippen molar-refractivity contribution >= 4 is 5.97 Å². The molecule has 2 nitrogen and oxygen atoms in total. The highest BCUT2D eigenvalue weighted by Gasteiger charge is 2.13. The molecule has 0 unspecified atom stereocenters. The lowest BCUT2D eigenvalue weighted by molar-refractivity contribution is -0.134. The fraction of sp³-hybridized carbons (Fsp3) is 0.381. The average Bonchev–Trinajstić information content (AvgIpc) is 2.48. The summed E-state index contributed by atoms with van der Waals surface area (Å²) >= 11 is 0. The fourth-order valence-electron chi connectivity index (χ4n) is 2.38. The van der Waals surface area contributed by atoms with Crippen LogP contribution >= 0.6 is 0 Å². The van der Waals surface area contributed by atoms with Gasteiger partial charge in [0, 0.05) is 6.42 Å². The zero-order chi connectivity index (χ0) is 17.0. The molecule has 2 rings (SSSR count). The van der Waals surface area contributed by atoms with Crippen LogP contribution in [0.1, 0.15) is 49.4 Å². The van der Waals surface area contributed by atoms with Gasteiger partial charge >= 0.3 is 5.97 Å². The molecule has 0 radical (unpaired) electrons. The molecule has 2 aromatic carbocycles. The highest BCUT2D eigenvalue weighted by molar-refractivity contribution is 5.72. The van der Waals surface area contributed by atoms with Gasteiger partial charge in [-0.05, 0) is 60.1 Å². The largest absolute Gasteiger partial charge is 0.427 e. The molecule has 122 valence electrons. The molecule has 0 bridgehead atoms. The van der Waals surface area contributed by atoms with E-state index in [1.165, 1.54) is 11.1 Å². The van der Waals surface area contributed by atoms with Gasteiger partial charge in [0.25, 0.3) is 0 Å². The fourth-order valence-corrected chi connectivity index (χ4v) is 2.38. The SMILES string of the molecule is Cc1ccc(OC(=O)CCc2ccc(C(C)(C)C)cc2)cc1C. The number of carbonyl (C=O) groups is 1. The molecule has 0 saturated heterocycles. The monoisotopic (exact) mass is 310 g/mol. The van der Waals surface area contributed by atoms with E-state index in [0.717, 1.165) is 11.1 Å². The smallest absolute Gasteiger partial charge is 0.311 e. The minimum Gasteiger partial charge on any atom is -0.427 e. The van der Waals surface area contributed by atoms with E-state index in [2.05, 4.69) is 45.0 Å². The van der Waals surface area contributed by atoms with Gasteiger partial charge in [0.2, 0.25) is 0 Å². The van der Waals surface area contributed by atoms with Crippen LogP contribution in [0.5, 0.6) is 5.75 Å². The number of hydrogen-bond donors (Lipinski definition) is 0. The zero-order valence-electron chi connectivity index (χ0n) is 14.8. The third-order valence-corrected chi connectivity index (χ3v) is 4.15. The molecule has 2 heteroatoms. The van der Waals surface area contributed by atoms with Crippen LogP contribution in [0.3, 0.4) is 0 Å². The normalized spacial score (nSPS) is 11.3. The van der Waals surface area contributed by atoms with Gasteiger partial charge in [-0.2, -0.15) is 0 Å². The first-order chi connectivity index (χ1) is 10.8. The van der Waals surface area contributed by atoms with E-state index in [1.807, 2.05) is 32.0 Å². The highest BCUT2D eigenvalue weighted by Crippen LogP contribution is 2.22. The first kappa shape index (κ1) is 17.3. The van der Waals surface area contributed by atoms with Crippen molar-refractivity contribution in [3.05, 3.63) is 64.7 Å². The van der Waals surface area contributed by atoms with E-state index < -0.39 is 0 Å². The van der Waals surface area contributed by atoms with Crippen LogP contribution in [-0.4, -0.2) is 5.97 Å². The molecule has 0 aliphatic heterocycles. The summed E-state index contributed by atoms with van der Waals surface area (Å²) in [6.45, 7) is 10.7. The summed E-state index contributed by atoms with van der Waals surface area (Å²) < 4.78 is 5.41. The van der Waals surface area contributed by atoms with Crippen molar-refractivity contribution in [2.45, 2.75) is 52.9 Å². The summed E-state index contributed by atoms with van der Waals surface area (Å²) in [5.74, 6) is 0.439. The van der Waals surface area contributed by atoms with Gasteiger partial charge in [0.05, 0.1) is 0 Å². The predicted molar refractivity (Wildman–Crippen MR) is 95.0 cm³/mol. The van der Waals surface area contributed by atoms with Crippen LogP contribution in [-0.2, 0) is 16.6 Å². The van der Waals surface area contributed by atoms with Gasteiger partial charge in [-0.1, -0.05) is 51.1 Å². The molecule has 23 heavy (non-hydrogen) atoms. The van der Waals surface area contributed by atoms with Crippen molar-refractivity contribution in [1.82, 2.24) is 0 Å². The summed E-state index contributed by atoms with van der Waals surface area (Å²) in [7, 11) is 0. The number of aryl methyl sites for hydroxylation is 3. The maximum Gasteiger partial charge on any atom is 0.311 e. The van der Waals surface area contributed by atoms with E-state index >= 15 is 0 Å². The molecular formula is C21H26O2. The second-order valence-electron chi connectivity index (χ2n) is 7.17. The van der Waals surface area contributed by atoms with E-state index in [0.29, 0.717) is 18.6 Å². The number of benzene rings is 2. The maximum absolute atomic E-state index is 12.0. The molecule has 0 amide bonds. The summed E-state index contributed by atoms with van der Waals surface area (Å²) in [4.78, 5) is 12.0. The summed E-state index contributed by atoms with van der Waals surface area (Å²) in [6.07, 6.45) is 1.09. The summed E-state index contributed by atoms with van der Waals surface area (Å²) in [5, 5.41) is 0. The predicted octanol–water partition coefficient (Wildman–Crippen LogP) is 5.14. The van der Waals surface area contributed by atoms with Gasteiger partial charge in [0.15, 0.2) is 0 Å². The Morgan fingerprint density at radius 2 is 1.61 bits per heavy atom. The molecule has 0 fully saturated rings. The lowest BCUT2D eigenvalue weighted by Crippen LogP contribution is -2.11. The molecule has 0 saturated carbocycles. The molecule has 2 aromatic rings. The van der Waals surface area contributed by atoms with E-state index in [4.69, 9.17) is 4.74 Å². The summed E-state index contributed by atoms with van der Waals surface area (Å²) in [5.41, 5.74) is 4.95. The zero-order valence-corrected chi connectivity index (χ0v) is 14.8. The van der Waals surface area contributed by atoms with E-state index in [9.17, 15) is 4.79 Å². The Hall–Kier alpha value is -2.09. The van der Waals surface area contributed by atoms with Crippen LogP contribution in [0.25, 0.3) is 0 Å². The minimum absolute atomic E-state index is 0.154. The van der Waals surface area contributed by atoms with Gasteiger partial charge in [-0.15, -0.1) is 0 Å². The molecule has 0 aromatic heterocycles. The highest BCUT2D eigenvalue weighted by atomic mass is 16.5. The maximum atomic E-state index is 12.0. The van der Waals surface area contributed by atoms with Crippen LogP contribution in [0.15, 0.2) is 42.5 Å². The molecule has 0 heterocycles. The van der Waals surface area contributed by atoms with Gasteiger partial charge in [0.1, 0.15) is 5.75 Å². The van der Waals surface area contributed by atoms with Crippen molar-refractivity contribution < 1.29 is 9.53 Å². The Kier molecular flexibility index (Phi) is 5.25. The van der Waals surface area contributed by atoms with Crippen LogP contribution in [0.2, 0.25) is 0 Å². The third kappa shape index (κ3) is 4.95. The molecule has 0 aliphatic carbocycles. The number of rotatable bonds is 4. The standard InChI is InChI=1S/C21H26O2/c1-15-6-12-19(14-16(15)2)23-20(22)13-9-17-7-10-18(11-8-17)21(3,4)5/h6-8,10-12,14H,9,13H2,1-5H3. The number of ether oxygens (including phenoxy) is 1. The third-order valence-electron chi connectivity index (χ3n) is 4.15. The van der Waals surface area contributed by atoms with E-state index in [1.54, 1.807) is 0 Å². The average molecular weight is 310 g/mol. The van der Waals surface area contributed by atoms with Crippen LogP contribution in [0, 0.1) is 13.8 Å². The van der Waals surface area contributed by atoms with Gasteiger partial charge in [-0.25, -0.2) is 0 Å². The first-order valence-corrected chi connectivity index (χ1v) is 8.13. The molecule has 0 aliphatic rings. The second-order valence-corrected chi connectivity index (χ2v) is 7.17. The first-order valence-electron chi connectivity index (χ1n) is 8.13. The van der Waals surface area contributed by atoms with E-state index in [-0.39, 0.29) is 11.4 Å². The van der Waals surface area contributed by atoms with Crippen molar-refractivity contribution in [3.8, 4) is 5.75 Å². The molecular weight excluding hydrogens is 284 g/mol. The van der Waals surface area contributed by atoms with Gasteiger partial charge < -0.3 is 4.74 Å². The Balaban J connectivity index is 1.90. The lowest BCUT2D eigenvalue weighted by atomic mass is 9.86. The van der Waals surface area contributed by atoms with Crippen molar-refractivity contribution in [1.29, 1.82) is 0 Å². The van der Waals surface area contributed by atoms with Crippen molar-refractivity contribution in [2.24, 2.45) is 0 Å². The van der Waals surface area contributed by atoms with Crippen LogP contribution in [0.4, 0.5) is 0 Å². The number of carbonyl (C=O) groups excluding carboxylic acids is 1. The number of esters is 1.